The minimum absolute atomic E-state index is 0.119. The van der Waals surface area contributed by atoms with Gasteiger partial charge in [-0.1, -0.05) is 53.2 Å². The lowest BCUT2D eigenvalue weighted by atomic mass is 9.99. The van der Waals surface area contributed by atoms with Gasteiger partial charge in [-0.25, -0.2) is 13.2 Å². The first-order valence-corrected chi connectivity index (χ1v) is 10.5. The molecule has 7 nitrogen and oxygen atoms in total. The summed E-state index contributed by atoms with van der Waals surface area (Å²) in [6.07, 6.45) is 0.759. The van der Waals surface area contributed by atoms with E-state index in [4.69, 9.17) is 10.6 Å². The van der Waals surface area contributed by atoms with Crippen molar-refractivity contribution in [2.75, 3.05) is 13.1 Å². The molecule has 0 amide bonds. The molecule has 0 aliphatic carbocycles. The van der Waals surface area contributed by atoms with Gasteiger partial charge in [0.25, 0.3) is 0 Å². The monoisotopic (exact) mass is 401 g/mol. The van der Waals surface area contributed by atoms with Crippen LogP contribution in [0.5, 0.6) is 0 Å². The maximum Gasteiger partial charge on any atom is 0.338 e. The molecule has 1 aliphatic heterocycles. The highest BCUT2D eigenvalue weighted by Crippen LogP contribution is 2.25. The molecular weight excluding hydrogens is 378 g/mol. The number of amidine groups is 1. The van der Waals surface area contributed by atoms with Crippen LogP contribution in [0, 0.1) is 12.8 Å². The van der Waals surface area contributed by atoms with E-state index in [1.165, 1.54) is 4.31 Å². The Kier molecular flexibility index (Phi) is 6.11. The average Bonchev–Trinajstić information content (AvgIpc) is 2.73. The molecule has 0 atom stereocenters. The van der Waals surface area contributed by atoms with E-state index in [1.54, 1.807) is 36.4 Å². The van der Waals surface area contributed by atoms with Gasteiger partial charge in [0.2, 0.25) is 10.0 Å². The van der Waals surface area contributed by atoms with Crippen molar-refractivity contribution in [3.8, 4) is 0 Å². The molecular formula is C20H23N3O4S. The zero-order valence-corrected chi connectivity index (χ0v) is 16.4. The highest BCUT2D eigenvalue weighted by atomic mass is 32.2. The van der Waals surface area contributed by atoms with Crippen LogP contribution in [0.2, 0.25) is 0 Å². The smallest absolute Gasteiger partial charge is 0.338 e. The Morgan fingerprint density at radius 2 is 1.68 bits per heavy atom. The first-order valence-electron chi connectivity index (χ1n) is 9.04. The van der Waals surface area contributed by atoms with E-state index in [0.29, 0.717) is 18.4 Å². The Bertz CT molecular complexity index is 949. The molecule has 148 valence electrons. The summed E-state index contributed by atoms with van der Waals surface area (Å²) in [5, 5.41) is 3.71. The first-order chi connectivity index (χ1) is 13.4. The van der Waals surface area contributed by atoms with Crippen molar-refractivity contribution in [2.45, 2.75) is 24.7 Å². The summed E-state index contributed by atoms with van der Waals surface area (Å²) in [6, 6.07) is 15.7. The van der Waals surface area contributed by atoms with E-state index in [1.807, 2.05) is 25.1 Å². The fourth-order valence-corrected chi connectivity index (χ4v) is 4.49. The number of carbonyl (C=O) groups excluding carboxylic acids is 1. The number of rotatable bonds is 5. The third-order valence-corrected chi connectivity index (χ3v) is 6.66. The quantitative estimate of drug-likeness (QED) is 0.358. The van der Waals surface area contributed by atoms with Gasteiger partial charge >= 0.3 is 5.97 Å². The van der Waals surface area contributed by atoms with Crippen molar-refractivity contribution in [1.29, 1.82) is 0 Å². The fraction of sp³-hybridized carbons (Fsp3) is 0.300. The SMILES string of the molecule is Cc1ccc(S(=O)(=O)N2CCC(C(=O)O/N=C(\N)c3ccccc3)CC2)cc1. The van der Waals surface area contributed by atoms with E-state index in [-0.39, 0.29) is 23.8 Å². The Labute approximate surface area is 164 Å². The van der Waals surface area contributed by atoms with Crippen LogP contribution < -0.4 is 5.73 Å². The van der Waals surface area contributed by atoms with Crippen LogP contribution in [0.1, 0.15) is 24.0 Å². The zero-order chi connectivity index (χ0) is 20.1. The van der Waals surface area contributed by atoms with Gasteiger partial charge in [0, 0.05) is 18.7 Å². The van der Waals surface area contributed by atoms with Crippen LogP contribution in [0.25, 0.3) is 0 Å². The number of nitrogens with two attached hydrogens (primary N) is 1. The maximum atomic E-state index is 12.7. The molecule has 0 bridgehead atoms. The maximum absolute atomic E-state index is 12.7. The van der Waals surface area contributed by atoms with Gasteiger partial charge in [-0.2, -0.15) is 4.31 Å². The second-order valence-electron chi connectivity index (χ2n) is 6.74. The summed E-state index contributed by atoms with van der Waals surface area (Å²) in [6.45, 7) is 2.42. The van der Waals surface area contributed by atoms with E-state index in [0.717, 1.165) is 5.56 Å². The number of carbonyl (C=O) groups is 1. The molecule has 0 radical (unpaired) electrons. The molecule has 8 heteroatoms. The average molecular weight is 401 g/mol. The summed E-state index contributed by atoms with van der Waals surface area (Å²) in [5.41, 5.74) is 7.47. The number of nitrogens with zero attached hydrogens (tertiary/aromatic N) is 2. The summed E-state index contributed by atoms with van der Waals surface area (Å²) >= 11 is 0. The standard InChI is InChI=1S/C20H23N3O4S/c1-15-7-9-18(10-8-15)28(25,26)23-13-11-17(12-14-23)20(24)27-22-19(21)16-5-3-2-4-6-16/h2-10,17H,11-14H2,1H3,(H2,21,22). The molecule has 2 aromatic rings. The molecule has 0 spiro atoms. The summed E-state index contributed by atoms with van der Waals surface area (Å²) in [5.74, 6) is -0.781. The second-order valence-corrected chi connectivity index (χ2v) is 8.68. The summed E-state index contributed by atoms with van der Waals surface area (Å²) < 4.78 is 26.8. The third kappa shape index (κ3) is 4.58. The summed E-state index contributed by atoms with van der Waals surface area (Å²) in [4.78, 5) is 17.5. The van der Waals surface area contributed by atoms with Crippen molar-refractivity contribution in [3.05, 3.63) is 65.7 Å². The number of piperidine rings is 1. The van der Waals surface area contributed by atoms with E-state index < -0.39 is 21.9 Å². The molecule has 2 N–H and O–H groups in total. The van der Waals surface area contributed by atoms with Crippen LogP contribution in [0.3, 0.4) is 0 Å². The van der Waals surface area contributed by atoms with Gasteiger partial charge in [0.05, 0.1) is 10.8 Å². The molecule has 1 aliphatic rings. The van der Waals surface area contributed by atoms with E-state index in [9.17, 15) is 13.2 Å². The number of hydrogen-bond acceptors (Lipinski definition) is 5. The predicted octanol–water partition coefficient (Wildman–Crippen LogP) is 2.26. The molecule has 28 heavy (non-hydrogen) atoms. The number of aryl methyl sites for hydroxylation is 1. The first kappa shape index (κ1) is 20.0. The third-order valence-electron chi connectivity index (χ3n) is 4.75. The van der Waals surface area contributed by atoms with Gasteiger partial charge in [0.1, 0.15) is 0 Å². The Hall–Kier alpha value is -2.71. The predicted molar refractivity (Wildman–Crippen MR) is 106 cm³/mol. The van der Waals surface area contributed by atoms with Crippen LogP contribution in [-0.4, -0.2) is 37.6 Å². The zero-order valence-electron chi connectivity index (χ0n) is 15.6. The molecule has 0 saturated carbocycles. The van der Waals surface area contributed by atoms with Crippen LogP contribution in [0.15, 0.2) is 64.6 Å². The lowest BCUT2D eigenvalue weighted by Gasteiger charge is -2.29. The topological polar surface area (TPSA) is 102 Å². The van der Waals surface area contributed by atoms with Crippen LogP contribution in [-0.2, 0) is 19.7 Å². The fourth-order valence-electron chi connectivity index (χ4n) is 3.02. The minimum atomic E-state index is -3.56. The minimum Gasteiger partial charge on any atom is -0.380 e. The van der Waals surface area contributed by atoms with Crippen LogP contribution >= 0.6 is 0 Å². The molecule has 2 aromatic carbocycles. The summed E-state index contributed by atoms with van der Waals surface area (Å²) in [7, 11) is -3.56. The Balaban J connectivity index is 1.57. The lowest BCUT2D eigenvalue weighted by Crippen LogP contribution is -2.40. The highest BCUT2D eigenvalue weighted by Gasteiger charge is 2.33. The van der Waals surface area contributed by atoms with E-state index in [2.05, 4.69) is 5.16 Å². The van der Waals surface area contributed by atoms with E-state index >= 15 is 0 Å². The van der Waals surface area contributed by atoms with Crippen molar-refractivity contribution in [1.82, 2.24) is 4.31 Å². The number of benzene rings is 2. The number of sulfonamides is 1. The lowest BCUT2D eigenvalue weighted by molar-refractivity contribution is -0.149. The van der Waals surface area contributed by atoms with Gasteiger partial charge in [-0.3, -0.25) is 0 Å². The molecule has 3 rings (SSSR count). The van der Waals surface area contributed by atoms with Gasteiger partial charge < -0.3 is 10.6 Å². The second kappa shape index (κ2) is 8.53. The molecule has 0 unspecified atom stereocenters. The van der Waals surface area contributed by atoms with Crippen LogP contribution in [0.4, 0.5) is 0 Å². The Morgan fingerprint density at radius 3 is 2.29 bits per heavy atom. The van der Waals surface area contributed by atoms with Gasteiger partial charge in [-0.15, -0.1) is 0 Å². The van der Waals surface area contributed by atoms with Crippen molar-refractivity contribution >= 4 is 21.8 Å². The molecule has 0 aromatic heterocycles. The number of hydrogen-bond donors (Lipinski definition) is 1. The molecule has 1 heterocycles. The van der Waals surface area contributed by atoms with Crippen molar-refractivity contribution < 1.29 is 18.0 Å². The van der Waals surface area contributed by atoms with Gasteiger partial charge in [-0.05, 0) is 31.9 Å². The van der Waals surface area contributed by atoms with Gasteiger partial charge in [0.15, 0.2) is 5.84 Å². The largest absolute Gasteiger partial charge is 0.380 e. The molecule has 1 saturated heterocycles. The highest BCUT2D eigenvalue weighted by molar-refractivity contribution is 7.89. The van der Waals surface area contributed by atoms with Crippen molar-refractivity contribution in [2.24, 2.45) is 16.8 Å². The Morgan fingerprint density at radius 1 is 1.07 bits per heavy atom. The molecule has 1 fully saturated rings. The van der Waals surface area contributed by atoms with Crippen molar-refractivity contribution in [3.63, 3.8) is 0 Å². The number of oxime groups is 1. The normalized spacial score (nSPS) is 16.7.